The van der Waals surface area contributed by atoms with Crippen LogP contribution in [0.2, 0.25) is 0 Å². The average molecular weight is 503 g/mol. The monoisotopic (exact) mass is 502 g/mol. The van der Waals surface area contributed by atoms with Crippen LogP contribution in [-0.4, -0.2) is 60.0 Å². The fourth-order valence-corrected chi connectivity index (χ4v) is 5.56. The molecule has 1 spiro atoms. The van der Waals surface area contributed by atoms with Gasteiger partial charge in [0.15, 0.2) is 5.54 Å². The topological polar surface area (TPSA) is 96.4 Å². The number of hydrogen-bond donors (Lipinski definition) is 1. The minimum absolute atomic E-state index is 0.0791. The Morgan fingerprint density at radius 3 is 2.62 bits per heavy atom. The second-order valence-corrected chi connectivity index (χ2v) is 9.41. The molecule has 2 aromatic carbocycles. The molecule has 37 heavy (non-hydrogen) atoms. The second-order valence-electron chi connectivity index (χ2n) is 9.41. The zero-order valence-corrected chi connectivity index (χ0v) is 20.8. The normalized spacial score (nSPS) is 24.2. The quantitative estimate of drug-likeness (QED) is 0.256. The Bertz CT molecular complexity index is 1280. The number of nitrogens with zero attached hydrogens (tertiary/aromatic N) is 2. The number of aliphatic hydroxyl groups is 1. The summed E-state index contributed by atoms with van der Waals surface area (Å²) in [5, 5.41) is 11.6. The van der Waals surface area contributed by atoms with Crippen LogP contribution in [0.4, 0.5) is 5.69 Å². The van der Waals surface area contributed by atoms with E-state index in [1.165, 1.54) is 4.90 Å². The molecule has 0 aromatic heterocycles. The smallest absolute Gasteiger partial charge is 0.296 e. The molecule has 2 unspecified atom stereocenters. The van der Waals surface area contributed by atoms with Gasteiger partial charge in [-0.25, -0.2) is 0 Å². The van der Waals surface area contributed by atoms with E-state index >= 15 is 0 Å². The van der Waals surface area contributed by atoms with Crippen molar-refractivity contribution in [3.8, 4) is 5.75 Å². The molecule has 3 aliphatic rings. The molecule has 0 saturated carbocycles. The number of hydrogen-bond acceptors (Lipinski definition) is 6. The highest BCUT2D eigenvalue weighted by Gasteiger charge is 2.67. The van der Waals surface area contributed by atoms with E-state index in [1.807, 2.05) is 19.1 Å². The summed E-state index contributed by atoms with van der Waals surface area (Å²) >= 11 is 0. The van der Waals surface area contributed by atoms with Crippen LogP contribution >= 0.6 is 0 Å². The predicted octanol–water partition coefficient (Wildman–Crippen LogP) is 3.76. The Kier molecular flexibility index (Phi) is 6.60. The first-order valence-electron chi connectivity index (χ1n) is 12.6. The van der Waals surface area contributed by atoms with Crippen molar-refractivity contribution >= 4 is 29.0 Å². The Hall–Kier alpha value is -3.91. The van der Waals surface area contributed by atoms with Gasteiger partial charge in [-0.15, -0.1) is 0 Å². The molecule has 8 heteroatoms. The lowest BCUT2D eigenvalue weighted by atomic mass is 9.81. The van der Waals surface area contributed by atoms with Gasteiger partial charge in [-0.3, -0.25) is 14.4 Å². The maximum atomic E-state index is 14.3. The summed E-state index contributed by atoms with van der Waals surface area (Å²) in [6.07, 6.45) is 3.57. The van der Waals surface area contributed by atoms with Gasteiger partial charge in [0, 0.05) is 30.8 Å². The molecule has 2 aromatic rings. The lowest BCUT2D eigenvalue weighted by Crippen LogP contribution is -2.53. The summed E-state index contributed by atoms with van der Waals surface area (Å²) in [5.74, 6) is -1.96. The number of ether oxygens (including phenoxy) is 2. The average Bonchev–Trinajstić information content (AvgIpc) is 3.57. The zero-order chi connectivity index (χ0) is 26.2. The van der Waals surface area contributed by atoms with Crippen molar-refractivity contribution in [3.05, 3.63) is 77.9 Å². The number of ketones is 1. The summed E-state index contributed by atoms with van der Waals surface area (Å²) < 4.78 is 11.3. The van der Waals surface area contributed by atoms with Gasteiger partial charge in [0.25, 0.3) is 17.6 Å². The van der Waals surface area contributed by atoms with Crippen LogP contribution in [0.1, 0.15) is 37.3 Å². The molecule has 5 rings (SSSR count). The summed E-state index contributed by atoms with van der Waals surface area (Å²) in [4.78, 5) is 44.5. The summed E-state index contributed by atoms with van der Waals surface area (Å²) in [7, 11) is 0. The Morgan fingerprint density at radius 1 is 1.19 bits per heavy atom. The van der Waals surface area contributed by atoms with E-state index in [2.05, 4.69) is 6.58 Å². The molecule has 2 amide bonds. The lowest BCUT2D eigenvalue weighted by Gasteiger charge is -2.35. The first kappa shape index (κ1) is 24.8. The Labute approximate surface area is 215 Å². The van der Waals surface area contributed by atoms with Crippen molar-refractivity contribution < 1.29 is 29.0 Å². The predicted molar refractivity (Wildman–Crippen MR) is 138 cm³/mol. The van der Waals surface area contributed by atoms with Crippen LogP contribution < -0.4 is 9.64 Å². The van der Waals surface area contributed by atoms with Crippen molar-refractivity contribution in [1.29, 1.82) is 0 Å². The minimum atomic E-state index is -1.77. The third-order valence-electron chi connectivity index (χ3n) is 7.16. The molecule has 0 bridgehead atoms. The number of fused-ring (bicyclic) bond motifs is 2. The van der Waals surface area contributed by atoms with Gasteiger partial charge in [0.05, 0.1) is 17.4 Å². The highest BCUT2D eigenvalue weighted by atomic mass is 16.5. The van der Waals surface area contributed by atoms with Crippen molar-refractivity contribution in [2.45, 2.75) is 37.8 Å². The van der Waals surface area contributed by atoms with E-state index in [0.717, 1.165) is 12.8 Å². The second kappa shape index (κ2) is 9.86. The van der Waals surface area contributed by atoms with Gasteiger partial charge in [-0.2, -0.15) is 0 Å². The molecular weight excluding hydrogens is 472 g/mol. The largest absolute Gasteiger partial charge is 0.507 e. The number of carbonyl (C=O) groups is 3. The van der Waals surface area contributed by atoms with Gasteiger partial charge < -0.3 is 24.4 Å². The van der Waals surface area contributed by atoms with Gasteiger partial charge in [-0.05, 0) is 49.6 Å². The van der Waals surface area contributed by atoms with E-state index in [-0.39, 0.29) is 18.2 Å². The SMILES string of the molecule is C=CCOc1ccc(C(O)=C2C(=O)C(=O)N(CC3CCCO3)C23C(=O)N(CCC)c2ccccc23)cc1. The minimum Gasteiger partial charge on any atom is -0.507 e. The summed E-state index contributed by atoms with van der Waals surface area (Å²) in [6.45, 7) is 6.96. The lowest BCUT2D eigenvalue weighted by molar-refractivity contribution is -0.145. The number of benzene rings is 2. The molecule has 8 nitrogen and oxygen atoms in total. The van der Waals surface area contributed by atoms with Crippen LogP contribution in [0, 0.1) is 0 Å². The third kappa shape index (κ3) is 3.83. The maximum absolute atomic E-state index is 14.3. The van der Waals surface area contributed by atoms with Crippen molar-refractivity contribution in [1.82, 2.24) is 4.90 Å². The van der Waals surface area contributed by atoms with Crippen LogP contribution in [0.25, 0.3) is 5.76 Å². The van der Waals surface area contributed by atoms with Gasteiger partial charge in [-0.1, -0.05) is 37.8 Å². The molecule has 1 N–H and O–H groups in total. The van der Waals surface area contributed by atoms with Gasteiger partial charge in [0.1, 0.15) is 18.1 Å². The standard InChI is InChI=1S/C29H30N2O6/c1-3-15-30-23-10-6-5-9-22(23)29(28(30)35)24(25(32)19-11-13-20(14-12-19)36-16-4-2)26(33)27(34)31(29)18-21-8-7-17-37-21/h4-6,9-14,21,32H,2-3,7-8,15-18H2,1H3. The first-order chi connectivity index (χ1) is 17.9. The van der Waals surface area contributed by atoms with Crippen LogP contribution in [0.3, 0.4) is 0 Å². The molecule has 2 saturated heterocycles. The van der Waals surface area contributed by atoms with E-state index in [0.29, 0.717) is 48.7 Å². The Balaban J connectivity index is 1.71. The number of rotatable bonds is 8. The van der Waals surface area contributed by atoms with E-state index in [4.69, 9.17) is 9.47 Å². The summed E-state index contributed by atoms with van der Waals surface area (Å²) in [6, 6.07) is 13.7. The molecule has 3 aliphatic heterocycles. The maximum Gasteiger partial charge on any atom is 0.296 e. The number of para-hydroxylation sites is 1. The van der Waals surface area contributed by atoms with Crippen molar-refractivity contribution in [2.75, 3.05) is 31.2 Å². The highest BCUT2D eigenvalue weighted by Crippen LogP contribution is 2.53. The number of aliphatic hydroxyl groups excluding tert-OH is 1. The van der Waals surface area contributed by atoms with E-state index < -0.39 is 28.9 Å². The first-order valence-corrected chi connectivity index (χ1v) is 12.6. The molecule has 0 radical (unpaired) electrons. The van der Waals surface area contributed by atoms with Crippen LogP contribution in [-0.2, 0) is 24.7 Å². The number of carbonyl (C=O) groups excluding carboxylic acids is 3. The number of Topliss-reactive ketones (excluding diaryl/α,β-unsaturated/α-hetero) is 1. The van der Waals surface area contributed by atoms with Gasteiger partial charge in [0.2, 0.25) is 0 Å². The van der Waals surface area contributed by atoms with E-state index in [1.54, 1.807) is 47.4 Å². The molecule has 192 valence electrons. The Morgan fingerprint density at radius 2 is 1.95 bits per heavy atom. The van der Waals surface area contributed by atoms with Crippen molar-refractivity contribution in [2.24, 2.45) is 0 Å². The van der Waals surface area contributed by atoms with Crippen LogP contribution in [0.15, 0.2) is 66.8 Å². The zero-order valence-electron chi connectivity index (χ0n) is 20.8. The fraction of sp³-hybridized carbons (Fsp3) is 0.345. The number of amides is 2. The number of likely N-dealkylation sites (tertiary alicyclic amines) is 1. The molecular formula is C29H30N2O6. The number of anilines is 1. The van der Waals surface area contributed by atoms with E-state index in [9.17, 15) is 19.5 Å². The van der Waals surface area contributed by atoms with Gasteiger partial charge >= 0.3 is 0 Å². The fourth-order valence-electron chi connectivity index (χ4n) is 5.56. The third-order valence-corrected chi connectivity index (χ3v) is 7.16. The van der Waals surface area contributed by atoms with Crippen LogP contribution in [0.5, 0.6) is 5.75 Å². The molecule has 3 heterocycles. The molecule has 0 aliphatic carbocycles. The summed E-state index contributed by atoms with van der Waals surface area (Å²) in [5.41, 5.74) is -0.537. The highest BCUT2D eigenvalue weighted by molar-refractivity contribution is 6.50. The van der Waals surface area contributed by atoms with Crippen molar-refractivity contribution in [3.63, 3.8) is 0 Å². The molecule has 2 atom stereocenters. The molecule has 2 fully saturated rings.